The molecule has 1 amide bonds. The Balaban J connectivity index is 1.02. The van der Waals surface area contributed by atoms with Crippen LogP contribution in [-0.2, 0) is 23.2 Å². The molecule has 2 fully saturated rings. The van der Waals surface area contributed by atoms with Crippen molar-refractivity contribution in [2.75, 3.05) is 6.54 Å². The largest absolute Gasteiger partial charge is 0.378 e. The molecule has 2 aromatic carbocycles. The Morgan fingerprint density at radius 3 is 2.69 bits per heavy atom. The van der Waals surface area contributed by atoms with Gasteiger partial charge in [0.1, 0.15) is 5.82 Å². The minimum atomic E-state index is -1.31. The third kappa shape index (κ3) is 5.27. The van der Waals surface area contributed by atoms with Crippen molar-refractivity contribution in [1.29, 1.82) is 0 Å². The van der Waals surface area contributed by atoms with Crippen LogP contribution >= 0.6 is 22.7 Å². The molecule has 8 heteroatoms. The SMILES string of the molecule is O=C([C@H](O)c1cccc(-c2csc3ccccc23)c1)N1CCCc2nc(C3(c4cc(C5CCCCC5)cs4)CC3)[nH]c(=O)c2C1. The Labute approximate surface area is 270 Å². The molecule has 1 aliphatic heterocycles. The maximum atomic E-state index is 13.7. The average Bonchev–Trinajstić information content (AvgIpc) is 3.62. The van der Waals surface area contributed by atoms with Gasteiger partial charge in [-0.25, -0.2) is 4.98 Å². The number of aromatic nitrogens is 2. The van der Waals surface area contributed by atoms with Crippen molar-refractivity contribution < 1.29 is 9.90 Å². The molecular weight excluding hydrogens is 599 g/mol. The maximum absolute atomic E-state index is 13.7. The van der Waals surface area contributed by atoms with Crippen LogP contribution in [0.4, 0.5) is 0 Å². The molecule has 3 aromatic heterocycles. The zero-order valence-electron chi connectivity index (χ0n) is 25.3. The van der Waals surface area contributed by atoms with Crippen LogP contribution in [0, 0.1) is 0 Å². The fourth-order valence-corrected chi connectivity index (χ4v) is 9.63. The van der Waals surface area contributed by atoms with Crippen LogP contribution in [0.2, 0.25) is 0 Å². The Kier molecular flexibility index (Phi) is 7.47. The predicted octanol–water partition coefficient (Wildman–Crippen LogP) is 7.85. The maximum Gasteiger partial charge on any atom is 0.256 e. The Hall–Kier alpha value is -3.59. The number of carbonyl (C=O) groups is 1. The standard InChI is InChI=1S/C37H37N3O3S2/c41-33(25-11-6-10-24(18-25)29-22-44-31-14-5-4-12-27(29)31)35(43)40-17-7-13-30-28(20-40)34(42)39-36(38-30)37(15-16-37)32-19-26(21-45-32)23-8-2-1-3-9-23/h4-6,10-12,14,18-19,21-23,33,41H,1-3,7-9,13,15-17,20H2,(H,38,39,42)/t33-/m1/s1. The molecule has 6 nitrogen and oxygen atoms in total. The van der Waals surface area contributed by atoms with Gasteiger partial charge in [0.2, 0.25) is 0 Å². The number of nitrogens with zero attached hydrogens (tertiary/aromatic N) is 2. The van der Waals surface area contributed by atoms with Gasteiger partial charge in [0, 0.05) is 27.1 Å². The van der Waals surface area contributed by atoms with Crippen LogP contribution in [0.15, 0.2) is 70.2 Å². The first-order chi connectivity index (χ1) is 22.0. The summed E-state index contributed by atoms with van der Waals surface area (Å²) in [5.74, 6) is 1.06. The van der Waals surface area contributed by atoms with Crippen molar-refractivity contribution in [3.63, 3.8) is 0 Å². The van der Waals surface area contributed by atoms with Crippen molar-refractivity contribution in [1.82, 2.24) is 14.9 Å². The number of H-pyrrole nitrogens is 1. The van der Waals surface area contributed by atoms with Crippen LogP contribution in [0.1, 0.15) is 96.5 Å². The summed E-state index contributed by atoms with van der Waals surface area (Å²) >= 11 is 3.50. The smallest absolute Gasteiger partial charge is 0.256 e. The van der Waals surface area contributed by atoms with Crippen LogP contribution in [-0.4, -0.2) is 32.4 Å². The lowest BCUT2D eigenvalue weighted by atomic mass is 9.85. The van der Waals surface area contributed by atoms with E-state index >= 15 is 0 Å². The molecule has 8 rings (SSSR count). The second-order valence-electron chi connectivity index (χ2n) is 13.0. The fraction of sp³-hybridized carbons (Fsp3) is 0.378. The number of hydrogen-bond donors (Lipinski definition) is 2. The summed E-state index contributed by atoms with van der Waals surface area (Å²) in [6.45, 7) is 0.622. The van der Waals surface area contributed by atoms with Crippen molar-refractivity contribution in [3.8, 4) is 11.1 Å². The number of thiophene rings is 2. The minimum Gasteiger partial charge on any atom is -0.378 e. The van der Waals surface area contributed by atoms with Crippen LogP contribution < -0.4 is 5.56 Å². The summed E-state index contributed by atoms with van der Waals surface area (Å²) < 4.78 is 1.20. The highest BCUT2D eigenvalue weighted by Crippen LogP contribution is 2.54. The third-order valence-electron chi connectivity index (χ3n) is 10.2. The predicted molar refractivity (Wildman–Crippen MR) is 181 cm³/mol. The lowest BCUT2D eigenvalue weighted by Crippen LogP contribution is -2.36. The van der Waals surface area contributed by atoms with E-state index in [2.05, 4.69) is 33.9 Å². The lowest BCUT2D eigenvalue weighted by Gasteiger charge is -2.24. The summed E-state index contributed by atoms with van der Waals surface area (Å²) in [5, 5.41) is 16.9. The van der Waals surface area contributed by atoms with Gasteiger partial charge in [0.05, 0.1) is 23.2 Å². The van der Waals surface area contributed by atoms with Gasteiger partial charge in [-0.15, -0.1) is 22.7 Å². The van der Waals surface area contributed by atoms with Gasteiger partial charge in [0.15, 0.2) is 6.10 Å². The molecule has 3 aliphatic rings. The number of fused-ring (bicyclic) bond motifs is 2. The summed E-state index contributed by atoms with van der Waals surface area (Å²) in [4.78, 5) is 38.5. The zero-order chi connectivity index (χ0) is 30.5. The number of amides is 1. The highest BCUT2D eigenvalue weighted by atomic mass is 32.1. The van der Waals surface area contributed by atoms with E-state index in [4.69, 9.17) is 4.98 Å². The summed E-state index contributed by atoms with van der Waals surface area (Å²) in [7, 11) is 0. The van der Waals surface area contributed by atoms with Crippen molar-refractivity contribution in [2.24, 2.45) is 0 Å². The first kappa shape index (κ1) is 28.9. The highest BCUT2D eigenvalue weighted by Gasteiger charge is 2.50. The van der Waals surface area contributed by atoms with Crippen LogP contribution in [0.5, 0.6) is 0 Å². The molecule has 2 N–H and O–H groups in total. The first-order valence-electron chi connectivity index (χ1n) is 16.2. The Morgan fingerprint density at radius 2 is 1.84 bits per heavy atom. The molecular formula is C37H37N3O3S2. The second-order valence-corrected chi connectivity index (χ2v) is 14.9. The van der Waals surface area contributed by atoms with Gasteiger partial charge in [-0.1, -0.05) is 55.7 Å². The molecule has 1 atom stereocenters. The molecule has 5 aromatic rings. The molecule has 2 aliphatic carbocycles. The summed E-state index contributed by atoms with van der Waals surface area (Å²) in [5.41, 5.74) is 5.06. The number of benzene rings is 2. The van der Waals surface area contributed by atoms with E-state index in [1.54, 1.807) is 22.3 Å². The molecule has 0 spiro atoms. The molecule has 0 unspecified atom stereocenters. The highest BCUT2D eigenvalue weighted by molar-refractivity contribution is 7.17. The van der Waals surface area contributed by atoms with Gasteiger partial charge in [-0.2, -0.15) is 0 Å². The van der Waals surface area contributed by atoms with Crippen LogP contribution in [0.25, 0.3) is 21.2 Å². The number of aliphatic hydroxyl groups is 1. The minimum absolute atomic E-state index is 0.153. The molecule has 45 heavy (non-hydrogen) atoms. The summed E-state index contributed by atoms with van der Waals surface area (Å²) in [6, 6.07) is 18.2. The van der Waals surface area contributed by atoms with E-state index in [9.17, 15) is 14.7 Å². The van der Waals surface area contributed by atoms with E-state index in [-0.39, 0.29) is 23.4 Å². The monoisotopic (exact) mass is 635 g/mol. The van der Waals surface area contributed by atoms with Gasteiger partial charge in [-0.05, 0) is 90.1 Å². The number of nitrogens with one attached hydrogen (secondary N) is 1. The van der Waals surface area contributed by atoms with E-state index in [0.717, 1.165) is 40.9 Å². The van der Waals surface area contributed by atoms with E-state index in [0.29, 0.717) is 36.4 Å². The van der Waals surface area contributed by atoms with Gasteiger partial charge >= 0.3 is 0 Å². The van der Waals surface area contributed by atoms with E-state index in [1.165, 1.54) is 47.2 Å². The van der Waals surface area contributed by atoms with Crippen LogP contribution in [0.3, 0.4) is 0 Å². The normalized spacial score (nSPS) is 18.8. The van der Waals surface area contributed by atoms with Crippen molar-refractivity contribution >= 4 is 38.7 Å². The topological polar surface area (TPSA) is 86.3 Å². The number of hydrogen-bond acceptors (Lipinski definition) is 6. The van der Waals surface area contributed by atoms with Gasteiger partial charge < -0.3 is 15.0 Å². The van der Waals surface area contributed by atoms with Gasteiger partial charge in [0.25, 0.3) is 11.5 Å². The van der Waals surface area contributed by atoms with Crippen molar-refractivity contribution in [3.05, 3.63) is 109 Å². The first-order valence-corrected chi connectivity index (χ1v) is 18.0. The lowest BCUT2D eigenvalue weighted by molar-refractivity contribution is -0.141. The molecule has 0 radical (unpaired) electrons. The zero-order valence-corrected chi connectivity index (χ0v) is 26.9. The molecule has 0 saturated heterocycles. The van der Waals surface area contributed by atoms with Gasteiger partial charge in [-0.3, -0.25) is 9.59 Å². The average molecular weight is 636 g/mol. The Morgan fingerprint density at radius 1 is 1.00 bits per heavy atom. The number of aryl methyl sites for hydroxylation is 1. The van der Waals surface area contributed by atoms with E-state index in [1.807, 2.05) is 41.7 Å². The second kappa shape index (κ2) is 11.6. The van der Waals surface area contributed by atoms with E-state index < -0.39 is 6.10 Å². The number of carbonyl (C=O) groups excluding carboxylic acids is 1. The fourth-order valence-electron chi connectivity index (χ4n) is 7.41. The molecule has 2 saturated carbocycles. The summed E-state index contributed by atoms with van der Waals surface area (Å²) in [6.07, 6.45) is 8.55. The Bertz CT molecular complexity index is 1950. The molecule has 4 heterocycles. The number of aromatic amines is 1. The number of aliphatic hydroxyl groups excluding tert-OH is 1. The molecule has 0 bridgehead atoms. The van der Waals surface area contributed by atoms with Crippen molar-refractivity contribution in [2.45, 2.75) is 81.8 Å². The molecule has 230 valence electrons. The number of rotatable bonds is 6. The quantitative estimate of drug-likeness (QED) is 0.199. The third-order valence-corrected chi connectivity index (χ3v) is 12.3.